The monoisotopic (exact) mass is 292 g/mol. The molecule has 0 radical (unpaired) electrons. The van der Waals surface area contributed by atoms with Crippen LogP contribution in [0.3, 0.4) is 0 Å². The summed E-state index contributed by atoms with van der Waals surface area (Å²) in [7, 11) is 2.82. The molecule has 2 heterocycles. The van der Waals surface area contributed by atoms with Crippen LogP contribution in [0.4, 0.5) is 0 Å². The largest absolute Gasteiger partial charge is 0.481 e. The van der Waals surface area contributed by atoms with E-state index in [4.69, 9.17) is 21.1 Å². The van der Waals surface area contributed by atoms with Crippen LogP contribution >= 0.6 is 11.6 Å². The summed E-state index contributed by atoms with van der Waals surface area (Å²) in [5.41, 5.74) is 2.33. The highest BCUT2D eigenvalue weighted by Gasteiger charge is 2.18. The van der Waals surface area contributed by atoms with E-state index in [1.54, 1.807) is 12.1 Å². The van der Waals surface area contributed by atoms with Crippen molar-refractivity contribution in [1.82, 2.24) is 9.97 Å². The van der Waals surface area contributed by atoms with Gasteiger partial charge in [-0.25, -0.2) is 9.78 Å². The van der Waals surface area contributed by atoms with E-state index in [2.05, 4.69) is 9.97 Å². The Morgan fingerprint density at radius 1 is 1.15 bits per heavy atom. The number of carbonyl (C=O) groups is 1. The maximum atomic E-state index is 11.8. The summed E-state index contributed by atoms with van der Waals surface area (Å²) in [4.78, 5) is 20.1. The van der Waals surface area contributed by atoms with Crippen molar-refractivity contribution >= 4 is 17.6 Å². The SMILES string of the molecule is COC(=O)c1cnc(C)cc1-c1cc(Cl)cnc1OC. The van der Waals surface area contributed by atoms with Gasteiger partial charge in [0.2, 0.25) is 5.88 Å². The minimum absolute atomic E-state index is 0.334. The topological polar surface area (TPSA) is 61.3 Å². The summed E-state index contributed by atoms with van der Waals surface area (Å²) in [6.07, 6.45) is 2.95. The molecule has 2 rings (SSSR count). The van der Waals surface area contributed by atoms with Gasteiger partial charge in [0.25, 0.3) is 0 Å². The van der Waals surface area contributed by atoms with Crippen LogP contribution in [-0.4, -0.2) is 30.2 Å². The van der Waals surface area contributed by atoms with Gasteiger partial charge >= 0.3 is 5.97 Å². The molecule has 2 aromatic heterocycles. The molecule has 0 amide bonds. The number of carbonyl (C=O) groups excluding carboxylic acids is 1. The summed E-state index contributed by atoms with van der Waals surface area (Å²) >= 11 is 5.98. The van der Waals surface area contributed by atoms with Crippen LogP contribution in [0.1, 0.15) is 16.1 Å². The summed E-state index contributed by atoms with van der Waals surface area (Å²) in [5.74, 6) is -0.0975. The fourth-order valence-electron chi connectivity index (χ4n) is 1.84. The van der Waals surface area contributed by atoms with E-state index in [9.17, 15) is 4.79 Å². The van der Waals surface area contributed by atoms with Crippen molar-refractivity contribution in [2.75, 3.05) is 14.2 Å². The second-order valence-electron chi connectivity index (χ2n) is 4.07. The lowest BCUT2D eigenvalue weighted by Gasteiger charge is -2.12. The van der Waals surface area contributed by atoms with Gasteiger partial charge in [-0.05, 0) is 19.1 Å². The minimum atomic E-state index is -0.477. The summed E-state index contributed by atoms with van der Waals surface area (Å²) in [6, 6.07) is 3.46. The average molecular weight is 293 g/mol. The van der Waals surface area contributed by atoms with Gasteiger partial charge in [-0.15, -0.1) is 0 Å². The highest BCUT2D eigenvalue weighted by molar-refractivity contribution is 6.30. The van der Waals surface area contributed by atoms with Gasteiger partial charge in [0.05, 0.1) is 24.8 Å². The van der Waals surface area contributed by atoms with Crippen molar-refractivity contribution in [2.24, 2.45) is 0 Å². The Bertz CT molecular complexity index is 659. The van der Waals surface area contributed by atoms with Crippen LogP contribution in [0.5, 0.6) is 5.88 Å². The van der Waals surface area contributed by atoms with E-state index in [0.717, 1.165) is 5.69 Å². The number of ether oxygens (including phenoxy) is 2. The third-order valence-electron chi connectivity index (χ3n) is 2.75. The van der Waals surface area contributed by atoms with Crippen LogP contribution < -0.4 is 4.74 Å². The van der Waals surface area contributed by atoms with Crippen LogP contribution in [0, 0.1) is 6.92 Å². The number of hydrogen-bond donors (Lipinski definition) is 0. The van der Waals surface area contributed by atoms with E-state index in [1.165, 1.54) is 26.6 Å². The van der Waals surface area contributed by atoms with Gasteiger partial charge in [-0.2, -0.15) is 0 Å². The molecule has 0 N–H and O–H groups in total. The number of esters is 1. The number of aromatic nitrogens is 2. The molecule has 0 atom stereocenters. The lowest BCUT2D eigenvalue weighted by molar-refractivity contribution is 0.0601. The normalized spacial score (nSPS) is 10.2. The molecule has 0 saturated carbocycles. The van der Waals surface area contributed by atoms with Crippen LogP contribution in [0.15, 0.2) is 24.5 Å². The van der Waals surface area contributed by atoms with Gasteiger partial charge in [-0.3, -0.25) is 4.98 Å². The Hall–Kier alpha value is -2.14. The zero-order valence-corrected chi connectivity index (χ0v) is 12.1. The molecular weight excluding hydrogens is 280 g/mol. The molecule has 20 heavy (non-hydrogen) atoms. The van der Waals surface area contributed by atoms with E-state index in [-0.39, 0.29) is 0 Å². The van der Waals surface area contributed by atoms with Crippen molar-refractivity contribution in [3.8, 4) is 17.0 Å². The standard InChI is InChI=1S/C14H13ClN2O3/c1-8-4-10(12(7-16-8)14(18)20-3)11-5-9(15)6-17-13(11)19-2/h4-7H,1-3H3. The molecule has 104 valence electrons. The zero-order chi connectivity index (χ0) is 14.7. The molecule has 0 unspecified atom stereocenters. The predicted molar refractivity (Wildman–Crippen MR) is 75.1 cm³/mol. The number of nitrogens with zero attached hydrogens (tertiary/aromatic N) is 2. The lowest BCUT2D eigenvalue weighted by Crippen LogP contribution is -2.06. The second-order valence-corrected chi connectivity index (χ2v) is 4.51. The first kappa shape index (κ1) is 14.3. The lowest BCUT2D eigenvalue weighted by atomic mass is 10.0. The smallest absolute Gasteiger partial charge is 0.340 e. The first-order valence-electron chi connectivity index (χ1n) is 5.81. The van der Waals surface area contributed by atoms with E-state index < -0.39 is 5.97 Å². The Morgan fingerprint density at radius 3 is 2.55 bits per heavy atom. The quantitative estimate of drug-likeness (QED) is 0.814. The zero-order valence-electron chi connectivity index (χ0n) is 11.3. The third-order valence-corrected chi connectivity index (χ3v) is 2.95. The number of aryl methyl sites for hydroxylation is 1. The van der Waals surface area contributed by atoms with E-state index >= 15 is 0 Å². The van der Waals surface area contributed by atoms with Crippen LogP contribution in [0.25, 0.3) is 11.1 Å². The van der Waals surface area contributed by atoms with Crippen LogP contribution in [-0.2, 0) is 4.74 Å². The number of hydrogen-bond acceptors (Lipinski definition) is 5. The van der Waals surface area contributed by atoms with Gasteiger partial charge in [-0.1, -0.05) is 11.6 Å². The number of rotatable bonds is 3. The number of methoxy groups -OCH3 is 2. The minimum Gasteiger partial charge on any atom is -0.481 e. The third kappa shape index (κ3) is 2.72. The Labute approximate surface area is 121 Å². The molecule has 0 aromatic carbocycles. The van der Waals surface area contributed by atoms with Gasteiger partial charge in [0, 0.05) is 29.2 Å². The Balaban J connectivity index is 2.71. The fourth-order valence-corrected chi connectivity index (χ4v) is 2.00. The van der Waals surface area contributed by atoms with Crippen molar-refractivity contribution in [3.05, 3.63) is 40.8 Å². The van der Waals surface area contributed by atoms with Crippen LogP contribution in [0.2, 0.25) is 5.02 Å². The maximum absolute atomic E-state index is 11.8. The molecule has 6 heteroatoms. The average Bonchev–Trinajstić information content (AvgIpc) is 2.46. The molecule has 2 aromatic rings. The summed E-state index contributed by atoms with van der Waals surface area (Å²) in [6.45, 7) is 1.83. The Morgan fingerprint density at radius 2 is 1.90 bits per heavy atom. The predicted octanol–water partition coefficient (Wildman–Crippen LogP) is 2.90. The molecule has 0 aliphatic rings. The van der Waals surface area contributed by atoms with E-state index in [0.29, 0.717) is 27.6 Å². The fraction of sp³-hybridized carbons (Fsp3) is 0.214. The summed E-state index contributed by atoms with van der Waals surface area (Å²) in [5, 5.41) is 0.450. The first-order chi connectivity index (χ1) is 9.56. The molecular formula is C14H13ClN2O3. The van der Waals surface area contributed by atoms with Gasteiger partial charge < -0.3 is 9.47 Å². The molecule has 5 nitrogen and oxygen atoms in total. The van der Waals surface area contributed by atoms with E-state index in [1.807, 2.05) is 6.92 Å². The first-order valence-corrected chi connectivity index (χ1v) is 6.19. The highest BCUT2D eigenvalue weighted by atomic mass is 35.5. The summed E-state index contributed by atoms with van der Waals surface area (Å²) < 4.78 is 9.99. The molecule has 0 saturated heterocycles. The number of pyridine rings is 2. The Kier molecular flexibility index (Phi) is 4.20. The molecule has 0 aliphatic heterocycles. The highest BCUT2D eigenvalue weighted by Crippen LogP contribution is 2.33. The molecule has 0 spiro atoms. The van der Waals surface area contributed by atoms with Crippen molar-refractivity contribution < 1.29 is 14.3 Å². The number of halogens is 1. The van der Waals surface area contributed by atoms with Crippen molar-refractivity contribution in [3.63, 3.8) is 0 Å². The second kappa shape index (κ2) is 5.88. The molecule has 0 fully saturated rings. The molecule has 0 bridgehead atoms. The maximum Gasteiger partial charge on any atom is 0.340 e. The van der Waals surface area contributed by atoms with Gasteiger partial charge in [0.1, 0.15) is 0 Å². The van der Waals surface area contributed by atoms with Crippen molar-refractivity contribution in [2.45, 2.75) is 6.92 Å². The van der Waals surface area contributed by atoms with Gasteiger partial charge in [0.15, 0.2) is 0 Å². The van der Waals surface area contributed by atoms with Crippen molar-refractivity contribution in [1.29, 1.82) is 0 Å². The molecule has 0 aliphatic carbocycles.